The molecular formula is C29H30ClNO4S. The number of hydrogen-bond donors (Lipinski definition) is 1. The zero-order chi connectivity index (χ0) is 25.7. The van der Waals surface area contributed by atoms with Crippen molar-refractivity contribution in [2.24, 2.45) is 0 Å². The highest BCUT2D eigenvalue weighted by molar-refractivity contribution is 7.92. The Hall–Kier alpha value is -3.09. The third kappa shape index (κ3) is 6.37. The molecule has 36 heavy (non-hydrogen) atoms. The second-order valence-corrected chi connectivity index (χ2v) is 11.7. The van der Waals surface area contributed by atoms with Gasteiger partial charge in [0.2, 0.25) is 0 Å². The molecular weight excluding hydrogens is 494 g/mol. The van der Waals surface area contributed by atoms with Crippen LogP contribution in [0.4, 0.5) is 0 Å². The van der Waals surface area contributed by atoms with Crippen LogP contribution in [-0.2, 0) is 22.7 Å². The van der Waals surface area contributed by atoms with Crippen LogP contribution in [0.25, 0.3) is 10.9 Å². The van der Waals surface area contributed by atoms with Crippen LogP contribution in [0.15, 0.2) is 66.7 Å². The summed E-state index contributed by atoms with van der Waals surface area (Å²) >= 11 is 6.24. The van der Waals surface area contributed by atoms with Gasteiger partial charge in [0.25, 0.3) is 0 Å². The molecule has 188 valence electrons. The number of aryl methyl sites for hydroxylation is 4. The van der Waals surface area contributed by atoms with Crippen LogP contribution in [-0.4, -0.2) is 37.3 Å². The highest BCUT2D eigenvalue weighted by Crippen LogP contribution is 2.27. The van der Waals surface area contributed by atoms with Crippen molar-refractivity contribution in [2.75, 3.05) is 18.1 Å². The summed E-state index contributed by atoms with van der Waals surface area (Å²) < 4.78 is 31.4. The van der Waals surface area contributed by atoms with Gasteiger partial charge in [0.1, 0.15) is 11.5 Å². The summed E-state index contributed by atoms with van der Waals surface area (Å²) in [5.74, 6) is -0.223. The molecule has 7 heteroatoms. The number of para-hydroxylation sites is 1. The zero-order valence-electron chi connectivity index (χ0n) is 20.5. The van der Waals surface area contributed by atoms with E-state index < -0.39 is 21.4 Å². The van der Waals surface area contributed by atoms with Crippen molar-refractivity contribution in [2.45, 2.75) is 33.1 Å². The van der Waals surface area contributed by atoms with E-state index >= 15 is 0 Å². The molecule has 4 aromatic rings. The smallest absolute Gasteiger partial charge is 0.194 e. The quantitative estimate of drug-likeness (QED) is 0.185. The molecule has 0 amide bonds. The molecule has 0 atom stereocenters. The first-order valence-corrected chi connectivity index (χ1v) is 14.2. The van der Waals surface area contributed by atoms with Crippen LogP contribution < -0.4 is 4.74 Å². The summed E-state index contributed by atoms with van der Waals surface area (Å²) in [6.45, 7) is 4.35. The van der Waals surface area contributed by atoms with Gasteiger partial charge in [0, 0.05) is 15.9 Å². The van der Waals surface area contributed by atoms with Gasteiger partial charge in [-0.1, -0.05) is 60.1 Å². The average molecular weight is 524 g/mol. The number of aromatic nitrogens is 1. The fraction of sp³-hybridized carbons (Fsp3) is 0.276. The number of sulfone groups is 1. The first-order chi connectivity index (χ1) is 17.2. The van der Waals surface area contributed by atoms with E-state index in [1.54, 1.807) is 0 Å². The van der Waals surface area contributed by atoms with E-state index in [2.05, 4.69) is 4.98 Å². The molecule has 0 fully saturated rings. The van der Waals surface area contributed by atoms with Crippen molar-refractivity contribution in [3.8, 4) is 5.75 Å². The maximum Gasteiger partial charge on any atom is 0.194 e. The molecule has 1 heterocycles. The Balaban J connectivity index is 1.44. The van der Waals surface area contributed by atoms with Gasteiger partial charge in [-0.3, -0.25) is 4.79 Å². The van der Waals surface area contributed by atoms with Crippen LogP contribution in [0.1, 0.15) is 39.2 Å². The molecule has 5 nitrogen and oxygen atoms in total. The largest absolute Gasteiger partial charge is 0.494 e. The fourth-order valence-electron chi connectivity index (χ4n) is 4.39. The molecule has 0 saturated carbocycles. The van der Waals surface area contributed by atoms with Gasteiger partial charge in [-0.25, -0.2) is 8.42 Å². The highest BCUT2D eigenvalue weighted by Gasteiger charge is 2.23. The van der Waals surface area contributed by atoms with E-state index in [0.29, 0.717) is 31.6 Å². The van der Waals surface area contributed by atoms with E-state index in [0.717, 1.165) is 43.9 Å². The minimum Gasteiger partial charge on any atom is -0.494 e. The molecule has 0 saturated heterocycles. The van der Waals surface area contributed by atoms with Crippen molar-refractivity contribution in [3.05, 3.63) is 99.7 Å². The number of aromatic amines is 1. The van der Waals surface area contributed by atoms with Crippen LogP contribution >= 0.6 is 11.6 Å². The van der Waals surface area contributed by atoms with Crippen LogP contribution in [0.2, 0.25) is 5.02 Å². The number of benzene rings is 3. The first kappa shape index (κ1) is 26.0. The lowest BCUT2D eigenvalue weighted by Gasteiger charge is -2.10. The Labute approximate surface area is 217 Å². The zero-order valence-corrected chi connectivity index (χ0v) is 22.1. The van der Waals surface area contributed by atoms with Gasteiger partial charge in [0.05, 0.1) is 18.1 Å². The molecule has 0 aliphatic carbocycles. The number of H-pyrrole nitrogens is 1. The molecule has 3 aromatic carbocycles. The number of carbonyl (C=O) groups excluding carboxylic acids is 1. The van der Waals surface area contributed by atoms with Crippen LogP contribution in [0.3, 0.4) is 0 Å². The van der Waals surface area contributed by atoms with Crippen molar-refractivity contribution < 1.29 is 17.9 Å². The second-order valence-electron chi connectivity index (χ2n) is 9.10. The van der Waals surface area contributed by atoms with E-state index in [-0.39, 0.29) is 5.75 Å². The molecule has 0 aliphatic rings. The number of ether oxygens (including phenoxy) is 1. The first-order valence-electron chi connectivity index (χ1n) is 12.0. The van der Waals surface area contributed by atoms with Gasteiger partial charge >= 0.3 is 0 Å². The molecule has 0 aliphatic heterocycles. The van der Waals surface area contributed by atoms with Crippen molar-refractivity contribution in [1.82, 2.24) is 4.98 Å². The fourth-order valence-corrected chi connectivity index (χ4v) is 5.73. The van der Waals surface area contributed by atoms with Crippen molar-refractivity contribution in [3.63, 3.8) is 0 Å². The number of carbonyl (C=O) groups is 1. The summed E-state index contributed by atoms with van der Waals surface area (Å²) in [6.07, 6.45) is 1.64. The Morgan fingerprint density at radius 2 is 1.61 bits per heavy atom. The molecule has 0 spiro atoms. The van der Waals surface area contributed by atoms with Gasteiger partial charge < -0.3 is 9.72 Å². The number of Topliss-reactive ketones (excluding diaryl/α,β-unsaturated/α-hetero) is 1. The monoisotopic (exact) mass is 523 g/mol. The SMILES string of the molecule is Cc1cc(OCCCc2c(C(=O)CS(=O)(=O)CCc3ccccc3)[nH]c3ccccc23)cc(C)c1Cl. The minimum absolute atomic E-state index is 0.0634. The molecule has 1 N–H and O–H groups in total. The van der Waals surface area contributed by atoms with Crippen LogP contribution in [0.5, 0.6) is 5.75 Å². The van der Waals surface area contributed by atoms with E-state index in [9.17, 15) is 13.2 Å². The van der Waals surface area contributed by atoms with Crippen LogP contribution in [0, 0.1) is 13.8 Å². The summed E-state index contributed by atoms with van der Waals surface area (Å²) in [4.78, 5) is 16.3. The summed E-state index contributed by atoms with van der Waals surface area (Å²) in [6, 6.07) is 20.9. The molecule has 0 radical (unpaired) electrons. The number of hydrogen-bond acceptors (Lipinski definition) is 4. The topological polar surface area (TPSA) is 76.2 Å². The minimum atomic E-state index is -3.56. The lowest BCUT2D eigenvalue weighted by atomic mass is 10.0. The van der Waals surface area contributed by atoms with E-state index in [4.69, 9.17) is 16.3 Å². The number of nitrogens with one attached hydrogen (secondary N) is 1. The number of ketones is 1. The number of fused-ring (bicyclic) bond motifs is 1. The number of halogens is 1. The standard InChI is InChI=1S/C29H30ClNO4S/c1-20-17-23(18-21(2)28(20)30)35-15-8-12-25-24-11-6-7-13-26(24)31-29(25)27(32)19-36(33,34)16-14-22-9-4-3-5-10-22/h3-7,9-11,13,17-18,31H,8,12,14-16,19H2,1-2H3. The van der Waals surface area contributed by atoms with Crippen molar-refractivity contribution in [1.29, 1.82) is 0 Å². The second kappa shape index (κ2) is 11.3. The third-order valence-corrected chi connectivity index (χ3v) is 8.36. The lowest BCUT2D eigenvalue weighted by molar-refractivity contribution is 0.101. The maximum absolute atomic E-state index is 13.2. The Morgan fingerprint density at radius 3 is 2.33 bits per heavy atom. The van der Waals surface area contributed by atoms with Gasteiger partial charge in [-0.15, -0.1) is 0 Å². The van der Waals surface area contributed by atoms with Gasteiger partial charge in [0.15, 0.2) is 15.6 Å². The van der Waals surface area contributed by atoms with Crippen molar-refractivity contribution >= 4 is 38.1 Å². The predicted octanol–water partition coefficient (Wildman–Crippen LogP) is 6.29. The highest BCUT2D eigenvalue weighted by atomic mass is 35.5. The molecule has 0 bridgehead atoms. The summed E-state index contributed by atoms with van der Waals surface area (Å²) in [5.41, 5.74) is 4.89. The molecule has 1 aromatic heterocycles. The maximum atomic E-state index is 13.2. The summed E-state index contributed by atoms with van der Waals surface area (Å²) in [5, 5.41) is 1.67. The Bertz CT molecular complexity index is 1450. The molecule has 0 unspecified atom stereocenters. The third-order valence-electron chi connectivity index (χ3n) is 6.24. The summed E-state index contributed by atoms with van der Waals surface area (Å²) in [7, 11) is -3.56. The lowest BCUT2D eigenvalue weighted by Crippen LogP contribution is -2.21. The normalized spacial score (nSPS) is 11.6. The van der Waals surface area contributed by atoms with Gasteiger partial charge in [-0.2, -0.15) is 0 Å². The van der Waals surface area contributed by atoms with E-state index in [1.807, 2.05) is 80.6 Å². The Kier molecular flexibility index (Phi) is 8.17. The average Bonchev–Trinajstić information content (AvgIpc) is 3.23. The Morgan fingerprint density at radius 1 is 0.944 bits per heavy atom. The molecule has 4 rings (SSSR count). The number of rotatable bonds is 11. The van der Waals surface area contributed by atoms with Gasteiger partial charge in [-0.05, 0) is 73.6 Å². The predicted molar refractivity (Wildman–Crippen MR) is 146 cm³/mol. The van der Waals surface area contributed by atoms with E-state index in [1.165, 1.54) is 0 Å².